The molecule has 1 atom stereocenters. The Hall–Kier alpha value is -3.65. The second kappa shape index (κ2) is 10.5. The van der Waals surface area contributed by atoms with Crippen LogP contribution < -0.4 is 9.47 Å². The van der Waals surface area contributed by atoms with E-state index in [-0.39, 0.29) is 11.9 Å². The second-order valence-electron chi connectivity index (χ2n) is 8.31. The van der Waals surface area contributed by atoms with Gasteiger partial charge in [-0.1, -0.05) is 41.1 Å². The molecule has 2 aromatic carbocycles. The Kier molecular flexibility index (Phi) is 7.27. The van der Waals surface area contributed by atoms with E-state index in [2.05, 4.69) is 22.0 Å². The van der Waals surface area contributed by atoms with Crippen molar-refractivity contribution in [1.29, 1.82) is 0 Å². The highest BCUT2D eigenvalue weighted by Crippen LogP contribution is 2.28. The fourth-order valence-corrected chi connectivity index (χ4v) is 3.94. The molecule has 0 saturated carbocycles. The number of rotatable bonds is 7. The van der Waals surface area contributed by atoms with Gasteiger partial charge in [-0.05, 0) is 37.6 Å². The molecule has 34 heavy (non-hydrogen) atoms. The number of nitrogens with zero attached hydrogens (tertiary/aromatic N) is 4. The van der Waals surface area contributed by atoms with Gasteiger partial charge in [-0.25, -0.2) is 0 Å². The summed E-state index contributed by atoms with van der Waals surface area (Å²) in [6.45, 7) is 6.85. The first kappa shape index (κ1) is 23.5. The zero-order chi connectivity index (χ0) is 24.1. The zero-order valence-electron chi connectivity index (χ0n) is 20.0. The minimum Gasteiger partial charge on any atom is -0.493 e. The van der Waals surface area contributed by atoms with Crippen LogP contribution >= 0.6 is 0 Å². The number of piperazine rings is 1. The number of carbonyl (C=O) groups excluding carboxylic acids is 1. The first-order valence-corrected chi connectivity index (χ1v) is 11.3. The molecule has 0 radical (unpaired) electrons. The molecular weight excluding hydrogens is 432 g/mol. The monoisotopic (exact) mass is 462 g/mol. The summed E-state index contributed by atoms with van der Waals surface area (Å²) in [5, 5.41) is 4.15. The standard InChI is InChI=1S/C26H30N4O4/c1-18-5-9-21(10-6-18)25-27-26(34-28-25)19(2)29-13-15-30(16-14-29)24(31)12-8-20-7-11-22(32-3)23(17-20)33-4/h5-12,17,19H,13-16H2,1-4H3/b12-8+. The van der Waals surface area contributed by atoms with E-state index in [0.29, 0.717) is 36.3 Å². The predicted molar refractivity (Wildman–Crippen MR) is 130 cm³/mol. The molecule has 2 heterocycles. The number of benzene rings is 2. The largest absolute Gasteiger partial charge is 0.493 e. The van der Waals surface area contributed by atoms with Crippen molar-refractivity contribution in [3.63, 3.8) is 0 Å². The van der Waals surface area contributed by atoms with Crippen molar-refractivity contribution in [2.45, 2.75) is 19.9 Å². The molecule has 0 bridgehead atoms. The molecule has 1 aromatic heterocycles. The van der Waals surface area contributed by atoms with Crippen LogP contribution in [0.3, 0.4) is 0 Å². The van der Waals surface area contributed by atoms with Crippen LogP contribution in [0.1, 0.15) is 30.0 Å². The number of hydrogen-bond acceptors (Lipinski definition) is 7. The second-order valence-corrected chi connectivity index (χ2v) is 8.31. The first-order chi connectivity index (χ1) is 16.5. The Labute approximate surface area is 199 Å². The molecule has 3 aromatic rings. The molecule has 0 N–H and O–H groups in total. The molecule has 0 aliphatic carbocycles. The summed E-state index contributed by atoms with van der Waals surface area (Å²) in [6.07, 6.45) is 3.40. The lowest BCUT2D eigenvalue weighted by molar-refractivity contribution is -0.128. The smallest absolute Gasteiger partial charge is 0.246 e. The summed E-state index contributed by atoms with van der Waals surface area (Å²) in [5.74, 6) is 2.45. The molecule has 178 valence electrons. The third-order valence-electron chi connectivity index (χ3n) is 6.11. The van der Waals surface area contributed by atoms with Crippen molar-refractivity contribution >= 4 is 12.0 Å². The van der Waals surface area contributed by atoms with E-state index in [9.17, 15) is 4.79 Å². The van der Waals surface area contributed by atoms with Gasteiger partial charge in [0.1, 0.15) is 0 Å². The van der Waals surface area contributed by atoms with Crippen LogP contribution in [0.5, 0.6) is 11.5 Å². The molecule has 1 aliphatic rings. The van der Waals surface area contributed by atoms with E-state index in [1.807, 2.05) is 54.3 Å². The highest BCUT2D eigenvalue weighted by atomic mass is 16.5. The summed E-state index contributed by atoms with van der Waals surface area (Å²) in [6, 6.07) is 13.6. The van der Waals surface area contributed by atoms with E-state index in [4.69, 9.17) is 14.0 Å². The normalized spacial score (nSPS) is 15.5. The minimum absolute atomic E-state index is 0.0125. The van der Waals surface area contributed by atoms with Crippen LogP contribution in [0.2, 0.25) is 0 Å². The van der Waals surface area contributed by atoms with Crippen molar-refractivity contribution in [3.05, 3.63) is 65.6 Å². The van der Waals surface area contributed by atoms with Gasteiger partial charge in [-0.2, -0.15) is 4.98 Å². The average Bonchev–Trinajstić information content (AvgIpc) is 3.37. The van der Waals surface area contributed by atoms with Gasteiger partial charge in [0, 0.05) is 37.8 Å². The van der Waals surface area contributed by atoms with Gasteiger partial charge in [-0.15, -0.1) is 0 Å². The van der Waals surface area contributed by atoms with Crippen molar-refractivity contribution < 1.29 is 18.8 Å². The highest BCUT2D eigenvalue weighted by Gasteiger charge is 2.27. The SMILES string of the molecule is COc1ccc(/C=C/C(=O)N2CCN(C(C)c3nc(-c4ccc(C)cc4)no3)CC2)cc1OC. The predicted octanol–water partition coefficient (Wildman–Crippen LogP) is 3.98. The van der Waals surface area contributed by atoms with Crippen LogP contribution in [-0.2, 0) is 4.79 Å². The van der Waals surface area contributed by atoms with Crippen LogP contribution in [-0.4, -0.2) is 66.2 Å². The third kappa shape index (κ3) is 5.28. The van der Waals surface area contributed by atoms with Gasteiger partial charge in [0.25, 0.3) is 0 Å². The number of aromatic nitrogens is 2. The van der Waals surface area contributed by atoms with Gasteiger partial charge < -0.3 is 18.9 Å². The molecule has 1 aliphatic heterocycles. The molecule has 1 unspecified atom stereocenters. The molecule has 1 saturated heterocycles. The molecule has 0 spiro atoms. The maximum absolute atomic E-state index is 12.7. The van der Waals surface area contributed by atoms with Crippen molar-refractivity contribution in [1.82, 2.24) is 19.9 Å². The molecule has 8 nitrogen and oxygen atoms in total. The molecule has 1 amide bonds. The Morgan fingerprint density at radius 1 is 1.03 bits per heavy atom. The Morgan fingerprint density at radius 3 is 2.41 bits per heavy atom. The van der Waals surface area contributed by atoms with E-state index >= 15 is 0 Å². The van der Waals surface area contributed by atoms with Crippen LogP contribution in [0.15, 0.2) is 53.1 Å². The zero-order valence-corrected chi connectivity index (χ0v) is 20.0. The van der Waals surface area contributed by atoms with Crippen molar-refractivity contribution in [3.8, 4) is 22.9 Å². The van der Waals surface area contributed by atoms with Gasteiger partial charge in [0.05, 0.1) is 20.3 Å². The van der Waals surface area contributed by atoms with Crippen molar-refractivity contribution in [2.24, 2.45) is 0 Å². The fraction of sp³-hybridized carbons (Fsp3) is 0.346. The number of carbonyl (C=O) groups is 1. The summed E-state index contributed by atoms with van der Waals surface area (Å²) in [7, 11) is 3.19. The maximum atomic E-state index is 12.7. The summed E-state index contributed by atoms with van der Waals surface area (Å²) >= 11 is 0. The summed E-state index contributed by atoms with van der Waals surface area (Å²) in [4.78, 5) is 21.4. The number of aryl methyl sites for hydroxylation is 1. The average molecular weight is 463 g/mol. The Morgan fingerprint density at radius 2 is 1.74 bits per heavy atom. The quantitative estimate of drug-likeness (QED) is 0.491. The number of methoxy groups -OCH3 is 2. The number of hydrogen-bond donors (Lipinski definition) is 0. The molecule has 1 fully saturated rings. The number of ether oxygens (including phenoxy) is 2. The Balaban J connectivity index is 1.32. The van der Waals surface area contributed by atoms with Crippen molar-refractivity contribution in [2.75, 3.05) is 40.4 Å². The lowest BCUT2D eigenvalue weighted by Crippen LogP contribution is -2.48. The fourth-order valence-electron chi connectivity index (χ4n) is 3.94. The van der Waals surface area contributed by atoms with E-state index < -0.39 is 0 Å². The Bertz CT molecular complexity index is 1150. The number of amides is 1. The van der Waals surface area contributed by atoms with Crippen LogP contribution in [0.25, 0.3) is 17.5 Å². The first-order valence-electron chi connectivity index (χ1n) is 11.3. The molecule has 4 rings (SSSR count). The van der Waals surface area contributed by atoms with Crippen LogP contribution in [0, 0.1) is 6.92 Å². The lowest BCUT2D eigenvalue weighted by Gasteiger charge is -2.36. The highest BCUT2D eigenvalue weighted by molar-refractivity contribution is 5.92. The topological polar surface area (TPSA) is 80.9 Å². The van der Waals surface area contributed by atoms with E-state index in [1.54, 1.807) is 26.4 Å². The third-order valence-corrected chi connectivity index (χ3v) is 6.11. The van der Waals surface area contributed by atoms with E-state index in [1.165, 1.54) is 5.56 Å². The lowest BCUT2D eigenvalue weighted by atomic mass is 10.1. The van der Waals surface area contributed by atoms with Gasteiger partial charge in [0.15, 0.2) is 11.5 Å². The summed E-state index contributed by atoms with van der Waals surface area (Å²) in [5.41, 5.74) is 3.00. The van der Waals surface area contributed by atoms with Crippen LogP contribution in [0.4, 0.5) is 0 Å². The van der Waals surface area contributed by atoms with E-state index in [0.717, 1.165) is 24.2 Å². The molecular formula is C26H30N4O4. The van der Waals surface area contributed by atoms with Gasteiger partial charge in [0.2, 0.25) is 17.6 Å². The summed E-state index contributed by atoms with van der Waals surface area (Å²) < 4.78 is 16.1. The molecule has 8 heteroatoms. The minimum atomic E-state index is -0.0220. The van der Waals surface area contributed by atoms with Gasteiger partial charge >= 0.3 is 0 Å². The maximum Gasteiger partial charge on any atom is 0.246 e. The van der Waals surface area contributed by atoms with Gasteiger partial charge in [-0.3, -0.25) is 9.69 Å².